The van der Waals surface area contributed by atoms with Crippen molar-refractivity contribution < 1.29 is 0 Å². The highest BCUT2D eigenvalue weighted by Crippen LogP contribution is 2.04. The van der Waals surface area contributed by atoms with Gasteiger partial charge in [-0.15, -0.1) is 24.8 Å². The number of nitrogens with zero attached hydrogens (tertiary/aromatic N) is 3. The Balaban J connectivity index is 0. The average molecular weight is 283 g/mol. The molecule has 0 atom stereocenters. The van der Waals surface area contributed by atoms with Crippen molar-refractivity contribution in [2.24, 2.45) is 0 Å². The Hall–Kier alpha value is -0.290. The molecule has 0 saturated heterocycles. The minimum Gasteiger partial charge on any atom is -0.311 e. The Morgan fingerprint density at radius 1 is 1.35 bits per heavy atom. The van der Waals surface area contributed by atoms with E-state index in [1.54, 1.807) is 0 Å². The minimum absolute atomic E-state index is 0. The molecule has 0 fully saturated rings. The Kier molecular flexibility index (Phi) is 10.9. The van der Waals surface area contributed by atoms with Crippen molar-refractivity contribution in [3.8, 4) is 0 Å². The van der Waals surface area contributed by atoms with E-state index < -0.39 is 0 Å². The minimum atomic E-state index is 0. The first kappa shape index (κ1) is 19.1. The lowest BCUT2D eigenvalue weighted by Crippen LogP contribution is -2.26. The van der Waals surface area contributed by atoms with E-state index in [0.29, 0.717) is 0 Å². The highest BCUT2D eigenvalue weighted by atomic mass is 35.5. The van der Waals surface area contributed by atoms with Crippen molar-refractivity contribution in [1.82, 2.24) is 20.0 Å². The number of aryl methyl sites for hydroxylation is 2. The summed E-state index contributed by atoms with van der Waals surface area (Å²) in [6.07, 6.45) is 2.12. The Morgan fingerprint density at radius 3 is 2.47 bits per heavy atom. The van der Waals surface area contributed by atoms with E-state index in [9.17, 15) is 0 Å². The van der Waals surface area contributed by atoms with Gasteiger partial charge < -0.3 is 10.2 Å². The summed E-state index contributed by atoms with van der Waals surface area (Å²) in [4.78, 5) is 2.18. The third-order valence-electron chi connectivity index (χ3n) is 2.42. The van der Waals surface area contributed by atoms with Gasteiger partial charge in [-0.05, 0) is 27.9 Å². The van der Waals surface area contributed by atoms with Gasteiger partial charge in [-0.25, -0.2) is 0 Å². The van der Waals surface area contributed by atoms with Crippen LogP contribution in [0.3, 0.4) is 0 Å². The highest BCUT2D eigenvalue weighted by molar-refractivity contribution is 5.85. The first-order valence-corrected chi connectivity index (χ1v) is 5.52. The van der Waals surface area contributed by atoms with Crippen molar-refractivity contribution in [2.45, 2.75) is 26.9 Å². The molecule has 0 bridgehead atoms. The van der Waals surface area contributed by atoms with Crippen molar-refractivity contribution in [3.05, 3.63) is 17.5 Å². The predicted molar refractivity (Wildman–Crippen MR) is 77.4 cm³/mol. The van der Waals surface area contributed by atoms with Gasteiger partial charge in [0.05, 0.1) is 5.69 Å². The summed E-state index contributed by atoms with van der Waals surface area (Å²) in [6.45, 7) is 8.12. The van der Waals surface area contributed by atoms with Crippen LogP contribution in [0.4, 0.5) is 0 Å². The maximum atomic E-state index is 4.41. The molecule has 17 heavy (non-hydrogen) atoms. The Labute approximate surface area is 117 Å². The summed E-state index contributed by atoms with van der Waals surface area (Å²) in [7, 11) is 4.17. The molecule has 0 spiro atoms. The fourth-order valence-electron chi connectivity index (χ4n) is 1.42. The third kappa shape index (κ3) is 6.88. The molecule has 1 heterocycles. The predicted octanol–water partition coefficient (Wildman–Crippen LogP) is 1.71. The lowest BCUT2D eigenvalue weighted by molar-refractivity contribution is 0.400. The molecule has 1 N–H and O–H groups in total. The van der Waals surface area contributed by atoms with Crippen LogP contribution in [-0.4, -0.2) is 41.9 Å². The van der Waals surface area contributed by atoms with Crippen molar-refractivity contribution in [1.29, 1.82) is 0 Å². The van der Waals surface area contributed by atoms with Gasteiger partial charge in [0.2, 0.25) is 0 Å². The van der Waals surface area contributed by atoms with E-state index in [2.05, 4.69) is 49.5 Å². The van der Waals surface area contributed by atoms with Gasteiger partial charge in [-0.3, -0.25) is 4.68 Å². The first-order chi connectivity index (χ1) is 7.13. The smallest absolute Gasteiger partial charge is 0.0638 e. The van der Waals surface area contributed by atoms with E-state index in [0.717, 1.165) is 31.9 Å². The van der Waals surface area contributed by atoms with Gasteiger partial charge in [0.25, 0.3) is 0 Å². The maximum absolute atomic E-state index is 4.41. The molecular weight excluding hydrogens is 259 g/mol. The van der Waals surface area contributed by atoms with Gasteiger partial charge in [0.1, 0.15) is 0 Å². The molecule has 0 aliphatic carbocycles. The van der Waals surface area contributed by atoms with Gasteiger partial charge in [0.15, 0.2) is 0 Å². The second kappa shape index (κ2) is 9.71. The normalized spacial score (nSPS) is 9.94. The highest BCUT2D eigenvalue weighted by Gasteiger charge is 2.02. The Bertz CT molecular complexity index is 300. The summed E-state index contributed by atoms with van der Waals surface area (Å²) in [6, 6.07) is 0. The number of hydrogen-bond acceptors (Lipinski definition) is 3. The summed E-state index contributed by atoms with van der Waals surface area (Å²) in [5.74, 6) is 0. The second-order valence-electron chi connectivity index (χ2n) is 4.08. The molecule has 0 radical (unpaired) electrons. The van der Waals surface area contributed by atoms with Gasteiger partial charge in [-0.1, -0.05) is 0 Å². The van der Waals surface area contributed by atoms with Gasteiger partial charge in [-0.2, -0.15) is 5.10 Å². The molecule has 1 rings (SSSR count). The number of hydrogen-bond donors (Lipinski definition) is 1. The average Bonchev–Trinajstić information content (AvgIpc) is 2.54. The lowest BCUT2D eigenvalue weighted by atomic mass is 10.2. The SMILES string of the molecule is CCn1cc(CNCCN(C)C)c(C)n1.Cl.Cl. The number of aromatic nitrogens is 2. The van der Waals surface area contributed by atoms with Crippen LogP contribution in [0.25, 0.3) is 0 Å². The van der Waals surface area contributed by atoms with Crippen LogP contribution in [0.5, 0.6) is 0 Å². The fraction of sp³-hybridized carbons (Fsp3) is 0.727. The molecule has 0 aliphatic rings. The molecule has 4 nitrogen and oxygen atoms in total. The number of nitrogens with one attached hydrogen (secondary N) is 1. The number of likely N-dealkylation sites (N-methyl/N-ethyl adjacent to an activating group) is 1. The van der Waals surface area contributed by atoms with Gasteiger partial charge >= 0.3 is 0 Å². The van der Waals surface area contributed by atoms with Crippen molar-refractivity contribution >= 4 is 24.8 Å². The fourth-order valence-corrected chi connectivity index (χ4v) is 1.42. The topological polar surface area (TPSA) is 33.1 Å². The zero-order chi connectivity index (χ0) is 11.3. The first-order valence-electron chi connectivity index (χ1n) is 5.52. The quantitative estimate of drug-likeness (QED) is 0.807. The maximum Gasteiger partial charge on any atom is 0.0638 e. The monoisotopic (exact) mass is 282 g/mol. The lowest BCUT2D eigenvalue weighted by Gasteiger charge is -2.09. The molecule has 6 heteroatoms. The van der Waals surface area contributed by atoms with Crippen LogP contribution < -0.4 is 5.32 Å². The molecule has 0 aliphatic heterocycles. The largest absolute Gasteiger partial charge is 0.311 e. The van der Waals surface area contributed by atoms with E-state index in [1.165, 1.54) is 5.56 Å². The zero-order valence-corrected chi connectivity index (χ0v) is 12.7. The second-order valence-corrected chi connectivity index (χ2v) is 4.08. The van der Waals surface area contributed by atoms with E-state index >= 15 is 0 Å². The number of rotatable bonds is 6. The van der Waals surface area contributed by atoms with Crippen molar-refractivity contribution in [3.63, 3.8) is 0 Å². The molecule has 0 unspecified atom stereocenters. The van der Waals surface area contributed by atoms with Crippen LogP contribution in [0.1, 0.15) is 18.2 Å². The molecular formula is C11H24Cl2N4. The summed E-state index contributed by atoms with van der Waals surface area (Å²) in [5, 5.41) is 7.83. The van der Waals surface area contributed by atoms with Crippen LogP contribution in [0.15, 0.2) is 6.20 Å². The van der Waals surface area contributed by atoms with E-state index in [-0.39, 0.29) is 24.8 Å². The molecule has 1 aromatic rings. The summed E-state index contributed by atoms with van der Waals surface area (Å²) < 4.78 is 1.98. The van der Waals surface area contributed by atoms with Crippen molar-refractivity contribution in [2.75, 3.05) is 27.2 Å². The van der Waals surface area contributed by atoms with Crippen LogP contribution in [0.2, 0.25) is 0 Å². The molecule has 1 aromatic heterocycles. The number of halogens is 2. The molecule has 102 valence electrons. The molecule has 0 amide bonds. The van der Waals surface area contributed by atoms with Crippen LogP contribution in [-0.2, 0) is 13.1 Å². The molecule has 0 saturated carbocycles. The zero-order valence-electron chi connectivity index (χ0n) is 11.1. The third-order valence-corrected chi connectivity index (χ3v) is 2.42. The van der Waals surface area contributed by atoms with E-state index in [4.69, 9.17) is 0 Å². The van der Waals surface area contributed by atoms with Gasteiger partial charge in [0, 0.05) is 37.9 Å². The standard InChI is InChI=1S/C11H22N4.2ClH/c1-5-15-9-11(10(2)13-15)8-12-6-7-14(3)4;;/h9,12H,5-8H2,1-4H3;2*1H. The Morgan fingerprint density at radius 2 is 2.00 bits per heavy atom. The summed E-state index contributed by atoms with van der Waals surface area (Å²) in [5.41, 5.74) is 2.44. The molecule has 0 aromatic carbocycles. The summed E-state index contributed by atoms with van der Waals surface area (Å²) >= 11 is 0. The van der Waals surface area contributed by atoms with Crippen LogP contribution >= 0.6 is 24.8 Å². The van der Waals surface area contributed by atoms with E-state index in [1.807, 2.05) is 4.68 Å². The van der Waals surface area contributed by atoms with Crippen LogP contribution in [0, 0.1) is 6.92 Å².